The van der Waals surface area contributed by atoms with Gasteiger partial charge in [-0.1, -0.05) is 0 Å². The zero-order chi connectivity index (χ0) is 11.5. The normalized spacial score (nSPS) is 14.0. The van der Waals surface area contributed by atoms with Gasteiger partial charge in [0.1, 0.15) is 0 Å². The molecule has 0 spiro atoms. The Morgan fingerprint density at radius 1 is 1.00 bits per heavy atom. The Bertz CT molecular complexity index is 555. The van der Waals surface area contributed by atoms with Gasteiger partial charge in [0.05, 0.1) is 0 Å². The Balaban J connectivity index is 2.13. The summed E-state index contributed by atoms with van der Waals surface area (Å²) >= 11 is 2.23. The van der Waals surface area contributed by atoms with E-state index in [1.807, 2.05) is 11.3 Å². The topological polar surface area (TPSA) is 0 Å². The van der Waals surface area contributed by atoms with Crippen LogP contribution in [-0.2, 0) is 6.42 Å². The molecular weight excluding hydrogens is 339 g/mol. The predicted octanol–water partition coefficient (Wildman–Crippen LogP) is 4.23. The molecule has 2 aromatic rings. The molecule has 2 aromatic heterocycles. The number of hydrogen-bond acceptors (Lipinski definition) is 2. The second-order valence-corrected chi connectivity index (χ2v) is 23.3. The van der Waals surface area contributed by atoms with Crippen molar-refractivity contribution in [2.24, 2.45) is 0 Å². The first-order chi connectivity index (χ1) is 7.45. The molecule has 1 aliphatic carbocycles. The first kappa shape index (κ1) is 11.3. The first-order valence-corrected chi connectivity index (χ1v) is 17.3. The van der Waals surface area contributed by atoms with Crippen molar-refractivity contribution in [1.82, 2.24) is 0 Å². The minimum absolute atomic E-state index is 1.19. The second-order valence-electron chi connectivity index (χ2n) is 5.60. The SMILES string of the molecule is Cc1cc2c(s1)-c1s[c]([Sn]([CH3])([CH3])[CH3])cc1C2. The maximum absolute atomic E-state index is 2.51. The van der Waals surface area contributed by atoms with Crippen LogP contribution in [0.1, 0.15) is 16.0 Å². The van der Waals surface area contributed by atoms with Crippen LogP contribution in [0.4, 0.5) is 0 Å². The fourth-order valence-corrected chi connectivity index (χ4v) is 9.92. The first-order valence-electron chi connectivity index (χ1n) is 5.68. The van der Waals surface area contributed by atoms with Gasteiger partial charge in [-0.3, -0.25) is 0 Å². The van der Waals surface area contributed by atoms with Gasteiger partial charge in [-0.25, -0.2) is 0 Å². The summed E-state index contributed by atoms with van der Waals surface area (Å²) < 4.78 is 1.73. The van der Waals surface area contributed by atoms with Crippen molar-refractivity contribution in [3.05, 3.63) is 28.1 Å². The third-order valence-corrected chi connectivity index (χ3v) is 14.9. The molecular formula is C13H16S2Sn. The van der Waals surface area contributed by atoms with Gasteiger partial charge < -0.3 is 0 Å². The predicted molar refractivity (Wildman–Crippen MR) is 78.2 cm³/mol. The van der Waals surface area contributed by atoms with Crippen LogP contribution in [0.5, 0.6) is 0 Å². The Morgan fingerprint density at radius 3 is 2.31 bits per heavy atom. The Labute approximate surface area is 109 Å². The Kier molecular flexibility index (Phi) is 2.54. The third kappa shape index (κ3) is 1.70. The van der Waals surface area contributed by atoms with Gasteiger partial charge >= 0.3 is 110 Å². The molecule has 84 valence electrons. The zero-order valence-electron chi connectivity index (χ0n) is 10.2. The van der Waals surface area contributed by atoms with E-state index in [0.29, 0.717) is 0 Å². The average molecular weight is 355 g/mol. The third-order valence-electron chi connectivity index (χ3n) is 3.07. The quantitative estimate of drug-likeness (QED) is 0.573. The molecule has 0 saturated heterocycles. The van der Waals surface area contributed by atoms with E-state index in [0.717, 1.165) is 0 Å². The molecule has 0 atom stereocenters. The number of aryl methyl sites for hydroxylation is 1. The monoisotopic (exact) mass is 356 g/mol. The molecule has 0 saturated carbocycles. The molecule has 16 heavy (non-hydrogen) atoms. The molecule has 0 bridgehead atoms. The number of thiophene rings is 2. The summed E-state index contributed by atoms with van der Waals surface area (Å²) in [5.74, 6) is 0. The van der Waals surface area contributed by atoms with Gasteiger partial charge in [0.2, 0.25) is 0 Å². The van der Waals surface area contributed by atoms with Crippen molar-refractivity contribution >= 4 is 43.9 Å². The molecule has 0 aliphatic heterocycles. The van der Waals surface area contributed by atoms with E-state index in [2.05, 4.69) is 45.2 Å². The van der Waals surface area contributed by atoms with Crippen LogP contribution in [-0.4, -0.2) is 18.4 Å². The van der Waals surface area contributed by atoms with Crippen molar-refractivity contribution in [3.63, 3.8) is 0 Å². The minimum atomic E-state index is -1.84. The summed E-state index contributed by atoms with van der Waals surface area (Å²) in [5.41, 5.74) is 3.17. The molecule has 3 rings (SSSR count). The van der Waals surface area contributed by atoms with Crippen molar-refractivity contribution in [2.45, 2.75) is 28.2 Å². The average Bonchev–Trinajstić information content (AvgIpc) is 2.72. The standard InChI is InChI=1S/C10H7S2.3CH3.Sn/c1-6-4-8-5-7-2-3-11-9(7)10(8)12-6;;;;/h2,4H,5H2,1H3;3*1H3;. The van der Waals surface area contributed by atoms with Crippen LogP contribution in [0.15, 0.2) is 12.1 Å². The van der Waals surface area contributed by atoms with Crippen LogP contribution in [0.25, 0.3) is 9.75 Å². The van der Waals surface area contributed by atoms with Gasteiger partial charge in [0.15, 0.2) is 0 Å². The van der Waals surface area contributed by atoms with Crippen LogP contribution >= 0.6 is 22.7 Å². The molecule has 0 radical (unpaired) electrons. The molecule has 0 fully saturated rings. The van der Waals surface area contributed by atoms with Crippen molar-refractivity contribution in [1.29, 1.82) is 0 Å². The summed E-state index contributed by atoms with van der Waals surface area (Å²) in [6, 6.07) is 4.88. The fourth-order valence-electron chi connectivity index (χ4n) is 2.22. The van der Waals surface area contributed by atoms with Crippen molar-refractivity contribution in [2.75, 3.05) is 0 Å². The van der Waals surface area contributed by atoms with Gasteiger partial charge in [-0.15, -0.1) is 0 Å². The summed E-state index contributed by atoms with van der Waals surface area (Å²) in [4.78, 5) is 12.2. The molecule has 0 unspecified atom stereocenters. The van der Waals surface area contributed by atoms with E-state index in [1.165, 1.54) is 11.3 Å². The van der Waals surface area contributed by atoms with Gasteiger partial charge in [-0.05, 0) is 0 Å². The molecule has 2 heterocycles. The molecule has 0 aromatic carbocycles. The van der Waals surface area contributed by atoms with Crippen LogP contribution in [0, 0.1) is 6.92 Å². The zero-order valence-corrected chi connectivity index (χ0v) is 14.7. The van der Waals surface area contributed by atoms with Crippen molar-refractivity contribution in [3.8, 4) is 9.75 Å². The van der Waals surface area contributed by atoms with Crippen LogP contribution < -0.4 is 2.89 Å². The second kappa shape index (κ2) is 3.59. The van der Waals surface area contributed by atoms with E-state index in [4.69, 9.17) is 0 Å². The summed E-state index contributed by atoms with van der Waals surface area (Å²) in [5, 5.41) is 0. The number of fused-ring (bicyclic) bond motifs is 3. The van der Waals surface area contributed by atoms with Crippen LogP contribution in [0.2, 0.25) is 14.8 Å². The van der Waals surface area contributed by atoms with Gasteiger partial charge in [0, 0.05) is 0 Å². The van der Waals surface area contributed by atoms with E-state index >= 15 is 0 Å². The molecule has 0 nitrogen and oxygen atoms in total. The Morgan fingerprint density at radius 2 is 1.62 bits per heavy atom. The fraction of sp³-hybridized carbons (Fsp3) is 0.385. The van der Waals surface area contributed by atoms with Gasteiger partial charge in [-0.2, -0.15) is 0 Å². The van der Waals surface area contributed by atoms with E-state index < -0.39 is 18.4 Å². The maximum atomic E-state index is 2.51. The van der Waals surface area contributed by atoms with Crippen LogP contribution in [0.3, 0.4) is 0 Å². The van der Waals surface area contributed by atoms with E-state index in [-0.39, 0.29) is 0 Å². The summed E-state index contributed by atoms with van der Waals surface area (Å²) in [7, 11) is 0. The molecule has 1 aliphatic rings. The number of hydrogen-bond donors (Lipinski definition) is 0. The van der Waals surface area contributed by atoms with Gasteiger partial charge in [0.25, 0.3) is 0 Å². The van der Waals surface area contributed by atoms with E-state index in [9.17, 15) is 0 Å². The van der Waals surface area contributed by atoms with E-state index in [1.54, 1.807) is 23.8 Å². The Hall–Kier alpha value is 0.199. The molecule has 0 amide bonds. The molecule has 3 heteroatoms. The molecule has 0 N–H and O–H groups in total. The summed E-state index contributed by atoms with van der Waals surface area (Å²) in [6.45, 7) is 2.22. The number of rotatable bonds is 1. The van der Waals surface area contributed by atoms with Crippen molar-refractivity contribution < 1.29 is 0 Å². The summed E-state index contributed by atoms with van der Waals surface area (Å²) in [6.07, 6.45) is 1.19.